The Morgan fingerprint density at radius 2 is 1.71 bits per heavy atom. The monoisotopic (exact) mass is 447 g/mol. The van der Waals surface area contributed by atoms with E-state index < -0.39 is 28.4 Å². The van der Waals surface area contributed by atoms with Gasteiger partial charge in [0.05, 0.1) is 24.2 Å². The minimum atomic E-state index is -1.16. The molecule has 2 aromatic carbocycles. The normalized spacial score (nSPS) is 13.5. The highest BCUT2D eigenvalue weighted by atomic mass is 35.5. The zero-order chi connectivity index (χ0) is 22.4. The van der Waals surface area contributed by atoms with Crippen LogP contribution in [0.2, 0.25) is 5.02 Å². The van der Waals surface area contributed by atoms with Gasteiger partial charge in [-0.3, -0.25) is 9.69 Å². The van der Waals surface area contributed by atoms with E-state index in [1.807, 2.05) is 0 Å². The summed E-state index contributed by atoms with van der Waals surface area (Å²) in [7, 11) is 1.47. The van der Waals surface area contributed by atoms with Gasteiger partial charge in [-0.1, -0.05) is 11.6 Å². The van der Waals surface area contributed by atoms with Crippen molar-refractivity contribution >= 4 is 34.6 Å². The molecule has 3 aromatic rings. The first-order valence-electron chi connectivity index (χ1n) is 9.27. The molecule has 1 aliphatic heterocycles. The van der Waals surface area contributed by atoms with Gasteiger partial charge in [-0.2, -0.15) is 0 Å². The van der Waals surface area contributed by atoms with Crippen molar-refractivity contribution in [1.29, 1.82) is 0 Å². The number of hydrogen-bond acceptors (Lipinski definition) is 4. The van der Waals surface area contributed by atoms with Gasteiger partial charge in [0.2, 0.25) is 5.88 Å². The number of aryl methyl sites for hydroxylation is 2. The predicted octanol–water partition coefficient (Wildman–Crippen LogP) is 5.53. The highest BCUT2D eigenvalue weighted by Gasteiger charge is 2.37. The maximum atomic E-state index is 15.0. The summed E-state index contributed by atoms with van der Waals surface area (Å²) in [5, 5.41) is -0.769. The third-order valence-corrected chi connectivity index (χ3v) is 5.50. The first-order chi connectivity index (χ1) is 14.7. The smallest absolute Gasteiger partial charge is 0.265 e. The van der Waals surface area contributed by atoms with Crippen LogP contribution in [0.3, 0.4) is 0 Å². The van der Waals surface area contributed by atoms with Gasteiger partial charge in [0.15, 0.2) is 5.82 Å². The number of fused-ring (bicyclic) bond motifs is 1. The van der Waals surface area contributed by atoms with Crippen molar-refractivity contribution < 1.29 is 22.7 Å². The number of ether oxygens (including phenoxy) is 1. The topological polar surface area (TPSA) is 45.7 Å². The lowest BCUT2D eigenvalue weighted by Crippen LogP contribution is -2.46. The second-order valence-corrected chi connectivity index (χ2v) is 7.45. The van der Waals surface area contributed by atoms with Crippen LogP contribution in [-0.4, -0.2) is 24.7 Å². The highest BCUT2D eigenvalue weighted by Crippen LogP contribution is 2.41. The number of methoxy groups -OCH3 is 1. The molecule has 0 unspecified atom stereocenters. The Hall–Kier alpha value is -3.26. The standard InChI is InChI=1S/C22H17ClF3N3O2/c1-11-8-13(24)4-5-15(11)28-10-29(16-6-7-18(31-3)27-12(16)2)22(30)19-17(28)9-14(25)20(23)21(19)26/h4-9H,10H2,1-3H3. The zero-order valence-corrected chi connectivity index (χ0v) is 17.6. The molecular formula is C22H17ClF3N3O2. The number of nitrogens with zero attached hydrogens (tertiary/aromatic N) is 3. The van der Waals surface area contributed by atoms with E-state index in [0.29, 0.717) is 28.5 Å². The van der Waals surface area contributed by atoms with Crippen LogP contribution in [0.5, 0.6) is 5.88 Å². The number of rotatable bonds is 3. The Labute approximate surface area is 181 Å². The van der Waals surface area contributed by atoms with Crippen LogP contribution < -0.4 is 14.5 Å². The van der Waals surface area contributed by atoms with Gasteiger partial charge in [-0.25, -0.2) is 18.2 Å². The zero-order valence-electron chi connectivity index (χ0n) is 16.8. The first kappa shape index (κ1) is 21.0. The van der Waals surface area contributed by atoms with Crippen LogP contribution in [-0.2, 0) is 0 Å². The molecule has 31 heavy (non-hydrogen) atoms. The van der Waals surface area contributed by atoms with Crippen molar-refractivity contribution in [3.63, 3.8) is 0 Å². The van der Waals surface area contributed by atoms with E-state index >= 15 is 4.39 Å². The molecule has 160 valence electrons. The van der Waals surface area contributed by atoms with E-state index in [2.05, 4.69) is 4.98 Å². The molecule has 0 fully saturated rings. The Balaban J connectivity index is 1.94. The van der Waals surface area contributed by atoms with E-state index in [0.717, 1.165) is 6.07 Å². The number of pyridine rings is 1. The first-order valence-corrected chi connectivity index (χ1v) is 9.65. The Bertz CT molecular complexity index is 1220. The van der Waals surface area contributed by atoms with Gasteiger partial charge < -0.3 is 9.64 Å². The number of amides is 1. The maximum absolute atomic E-state index is 15.0. The Morgan fingerprint density at radius 3 is 2.35 bits per heavy atom. The number of anilines is 3. The molecule has 0 radical (unpaired) electrons. The molecule has 2 heterocycles. The molecule has 0 spiro atoms. The molecule has 0 aliphatic carbocycles. The van der Waals surface area contributed by atoms with Crippen molar-refractivity contribution in [1.82, 2.24) is 4.98 Å². The summed E-state index contributed by atoms with van der Waals surface area (Å²) in [5.74, 6) is -2.94. The highest BCUT2D eigenvalue weighted by molar-refractivity contribution is 6.32. The van der Waals surface area contributed by atoms with Gasteiger partial charge in [0, 0.05) is 17.8 Å². The Kier molecular flexibility index (Phi) is 5.26. The SMILES string of the molecule is COc1ccc(N2CN(c3ccc(F)cc3C)c3cc(F)c(Cl)c(F)c3C2=O)c(C)n1. The number of halogens is 4. The molecule has 5 nitrogen and oxygen atoms in total. The predicted molar refractivity (Wildman–Crippen MR) is 112 cm³/mol. The van der Waals surface area contributed by atoms with Crippen LogP contribution in [0.4, 0.5) is 30.2 Å². The average molecular weight is 448 g/mol. The average Bonchev–Trinajstić information content (AvgIpc) is 2.73. The molecule has 0 N–H and O–H groups in total. The van der Waals surface area contributed by atoms with Crippen molar-refractivity contribution in [3.05, 3.63) is 75.7 Å². The molecule has 9 heteroatoms. The summed E-state index contributed by atoms with van der Waals surface area (Å²) in [6.45, 7) is 3.28. The second kappa shape index (κ2) is 7.77. The fourth-order valence-corrected chi connectivity index (χ4v) is 3.81. The number of aromatic nitrogens is 1. The van der Waals surface area contributed by atoms with Crippen molar-refractivity contribution in [3.8, 4) is 5.88 Å². The molecule has 1 aliphatic rings. The molecule has 0 saturated carbocycles. The van der Waals surface area contributed by atoms with E-state index in [9.17, 15) is 13.6 Å². The van der Waals surface area contributed by atoms with Crippen molar-refractivity contribution in [2.75, 3.05) is 23.6 Å². The number of hydrogen-bond donors (Lipinski definition) is 0. The summed E-state index contributed by atoms with van der Waals surface area (Å²) in [4.78, 5) is 20.4. The second-order valence-electron chi connectivity index (χ2n) is 7.07. The lowest BCUT2D eigenvalue weighted by Gasteiger charge is -2.39. The minimum Gasteiger partial charge on any atom is -0.481 e. The summed E-state index contributed by atoms with van der Waals surface area (Å²) in [6, 6.07) is 8.25. The van der Waals surface area contributed by atoms with Crippen molar-refractivity contribution in [2.24, 2.45) is 0 Å². The van der Waals surface area contributed by atoms with Crippen molar-refractivity contribution in [2.45, 2.75) is 13.8 Å². The van der Waals surface area contributed by atoms with E-state index in [4.69, 9.17) is 16.3 Å². The van der Waals surface area contributed by atoms with Crippen LogP contribution in [0.1, 0.15) is 21.6 Å². The fourth-order valence-electron chi connectivity index (χ4n) is 3.66. The fraction of sp³-hybridized carbons (Fsp3) is 0.182. The summed E-state index contributed by atoms with van der Waals surface area (Å²) >= 11 is 5.77. The van der Waals surface area contributed by atoms with Gasteiger partial charge >= 0.3 is 0 Å². The van der Waals surface area contributed by atoms with Gasteiger partial charge in [0.25, 0.3) is 5.91 Å². The van der Waals surface area contributed by atoms with Gasteiger partial charge in [-0.05, 0) is 43.7 Å². The van der Waals surface area contributed by atoms with Crippen LogP contribution in [0.25, 0.3) is 0 Å². The lowest BCUT2D eigenvalue weighted by molar-refractivity contribution is 0.0979. The van der Waals surface area contributed by atoms with Gasteiger partial charge in [-0.15, -0.1) is 0 Å². The molecule has 1 amide bonds. The number of benzene rings is 2. The minimum absolute atomic E-state index is 0.00878. The van der Waals surface area contributed by atoms with Crippen LogP contribution >= 0.6 is 11.6 Å². The molecule has 1 aromatic heterocycles. The van der Waals surface area contributed by atoms with Crippen LogP contribution in [0, 0.1) is 31.3 Å². The number of carbonyl (C=O) groups excluding carboxylic acids is 1. The lowest BCUT2D eigenvalue weighted by atomic mass is 10.0. The summed E-state index contributed by atoms with van der Waals surface area (Å²) < 4.78 is 48.1. The number of carbonyl (C=O) groups is 1. The maximum Gasteiger partial charge on any atom is 0.265 e. The summed E-state index contributed by atoms with van der Waals surface area (Å²) in [5.41, 5.74) is 1.54. The van der Waals surface area contributed by atoms with Gasteiger partial charge in [0.1, 0.15) is 28.9 Å². The molecule has 0 bridgehead atoms. The summed E-state index contributed by atoms with van der Waals surface area (Å²) in [6.07, 6.45) is 0. The molecule has 0 atom stereocenters. The Morgan fingerprint density at radius 1 is 1.00 bits per heavy atom. The third kappa shape index (κ3) is 3.46. The van der Waals surface area contributed by atoms with Crippen LogP contribution in [0.15, 0.2) is 36.4 Å². The third-order valence-electron chi connectivity index (χ3n) is 5.16. The molecular weight excluding hydrogens is 431 g/mol. The van der Waals surface area contributed by atoms with E-state index in [-0.39, 0.29) is 17.9 Å². The quantitative estimate of drug-likeness (QED) is 0.495. The largest absolute Gasteiger partial charge is 0.481 e. The molecule has 0 saturated heterocycles. The molecule has 4 rings (SSSR count). The van der Waals surface area contributed by atoms with E-state index in [1.165, 1.54) is 35.1 Å². The van der Waals surface area contributed by atoms with E-state index in [1.54, 1.807) is 26.0 Å².